The first-order valence-electron chi connectivity index (χ1n) is 9.97. The molecule has 5 heteroatoms. The molecule has 1 unspecified atom stereocenters. The van der Waals surface area contributed by atoms with Gasteiger partial charge in [0.2, 0.25) is 0 Å². The van der Waals surface area contributed by atoms with Gasteiger partial charge >= 0.3 is 5.97 Å². The molecule has 150 valence electrons. The Morgan fingerprint density at radius 2 is 2.07 bits per heavy atom. The molecule has 1 aliphatic rings. The maximum atomic E-state index is 12.0. The van der Waals surface area contributed by atoms with Gasteiger partial charge in [0.25, 0.3) is 0 Å². The van der Waals surface area contributed by atoms with Crippen molar-refractivity contribution in [2.45, 2.75) is 46.6 Å². The van der Waals surface area contributed by atoms with E-state index in [0.717, 1.165) is 55.3 Å². The number of pyridine rings is 1. The highest BCUT2D eigenvalue weighted by molar-refractivity contribution is 5.75. The van der Waals surface area contributed by atoms with Gasteiger partial charge in [-0.15, -0.1) is 0 Å². The maximum absolute atomic E-state index is 12.0. The third-order valence-electron chi connectivity index (χ3n) is 4.76. The first-order valence-corrected chi connectivity index (χ1v) is 9.97. The minimum Gasteiger partial charge on any atom is -0.468 e. The summed E-state index contributed by atoms with van der Waals surface area (Å²) in [6.45, 7) is 15.5. The molecule has 2 rings (SSSR count). The van der Waals surface area contributed by atoms with Crippen LogP contribution in [0.15, 0.2) is 31.0 Å². The second-order valence-corrected chi connectivity index (χ2v) is 6.14. The summed E-state index contributed by atoms with van der Waals surface area (Å²) in [4.78, 5) is 21.1. The van der Waals surface area contributed by atoms with E-state index in [-0.39, 0.29) is 12.0 Å². The summed E-state index contributed by atoms with van der Waals surface area (Å²) >= 11 is 0. The first-order chi connectivity index (χ1) is 13.2. The van der Waals surface area contributed by atoms with Crippen LogP contribution in [-0.4, -0.2) is 60.1 Å². The van der Waals surface area contributed by atoms with Crippen molar-refractivity contribution in [3.8, 4) is 0 Å². The molecule has 2 heterocycles. The molecule has 1 saturated heterocycles. The molecule has 1 aliphatic heterocycles. The average Bonchev–Trinajstić information content (AvgIpc) is 2.97. The second kappa shape index (κ2) is 12.3. The lowest BCUT2D eigenvalue weighted by Crippen LogP contribution is -2.43. The molecule has 1 atom stereocenters. The summed E-state index contributed by atoms with van der Waals surface area (Å²) in [5, 5.41) is 2.08. The van der Waals surface area contributed by atoms with E-state index in [1.807, 2.05) is 46.0 Å². The molecule has 0 bridgehead atoms. The van der Waals surface area contributed by atoms with Crippen LogP contribution in [0.25, 0.3) is 11.8 Å². The Labute approximate surface area is 164 Å². The predicted molar refractivity (Wildman–Crippen MR) is 112 cm³/mol. The largest absolute Gasteiger partial charge is 0.468 e. The lowest BCUT2D eigenvalue weighted by Gasteiger charge is -2.28. The first kappa shape index (κ1) is 22.9. The van der Waals surface area contributed by atoms with Crippen molar-refractivity contribution >= 4 is 17.7 Å². The van der Waals surface area contributed by atoms with Gasteiger partial charge in [-0.3, -0.25) is 14.7 Å². The minimum atomic E-state index is -0.161. The summed E-state index contributed by atoms with van der Waals surface area (Å²) in [7, 11) is 1.46. The normalized spacial score (nSPS) is 18.0. The third kappa shape index (κ3) is 5.93. The van der Waals surface area contributed by atoms with E-state index in [1.54, 1.807) is 0 Å². The Balaban J connectivity index is 0.00000176. The Kier molecular flexibility index (Phi) is 10.4. The number of rotatable bonds is 5. The Bertz CT molecular complexity index is 715. The van der Waals surface area contributed by atoms with Gasteiger partial charge in [-0.1, -0.05) is 39.5 Å². The summed E-state index contributed by atoms with van der Waals surface area (Å²) < 4.78 is 4.96. The predicted octanol–water partition coefficient (Wildman–Crippen LogP) is 2.16. The van der Waals surface area contributed by atoms with Crippen molar-refractivity contribution in [3.63, 3.8) is 0 Å². The molecule has 0 saturated carbocycles. The van der Waals surface area contributed by atoms with E-state index in [1.165, 1.54) is 7.11 Å². The third-order valence-corrected chi connectivity index (χ3v) is 4.76. The van der Waals surface area contributed by atoms with Gasteiger partial charge in [-0.25, -0.2) is 0 Å². The fourth-order valence-corrected chi connectivity index (χ4v) is 3.44. The molecule has 0 radical (unpaired) electrons. The number of hydrogen-bond acceptors (Lipinski definition) is 5. The highest BCUT2D eigenvalue weighted by atomic mass is 16.5. The van der Waals surface area contributed by atoms with E-state index in [0.29, 0.717) is 0 Å². The van der Waals surface area contributed by atoms with Crippen LogP contribution in [0.4, 0.5) is 0 Å². The number of carbonyl (C=O) groups is 1. The zero-order valence-electron chi connectivity index (χ0n) is 17.6. The molecule has 0 spiro atoms. The fraction of sp³-hybridized carbons (Fsp3) is 0.545. The molecular weight excluding hydrogens is 338 g/mol. The van der Waals surface area contributed by atoms with Gasteiger partial charge in [-0.2, -0.15) is 0 Å². The van der Waals surface area contributed by atoms with Crippen LogP contribution in [0.3, 0.4) is 0 Å². The van der Waals surface area contributed by atoms with Crippen LogP contribution in [0.5, 0.6) is 0 Å². The van der Waals surface area contributed by atoms with E-state index in [2.05, 4.69) is 33.5 Å². The molecule has 1 aromatic rings. The van der Waals surface area contributed by atoms with Crippen LogP contribution in [-0.2, 0) is 9.53 Å². The monoisotopic (exact) mass is 373 g/mol. The molecule has 1 aromatic heterocycles. The van der Waals surface area contributed by atoms with Crippen LogP contribution >= 0.6 is 0 Å². The highest BCUT2D eigenvalue weighted by Gasteiger charge is 2.27. The smallest absolute Gasteiger partial charge is 0.323 e. The van der Waals surface area contributed by atoms with Crippen LogP contribution in [0, 0.1) is 0 Å². The van der Waals surface area contributed by atoms with Gasteiger partial charge in [0, 0.05) is 32.4 Å². The lowest BCUT2D eigenvalue weighted by atomic mass is 10.2. The molecular formula is C22H35N3O2. The van der Waals surface area contributed by atoms with Crippen molar-refractivity contribution in [2.75, 3.05) is 33.3 Å². The molecule has 0 amide bonds. The average molecular weight is 374 g/mol. The van der Waals surface area contributed by atoms with Gasteiger partial charge in [0.15, 0.2) is 0 Å². The van der Waals surface area contributed by atoms with Crippen molar-refractivity contribution < 1.29 is 9.53 Å². The Morgan fingerprint density at radius 3 is 2.67 bits per heavy atom. The highest BCUT2D eigenvalue weighted by Crippen LogP contribution is 2.14. The maximum Gasteiger partial charge on any atom is 0.323 e. The number of aromatic nitrogens is 1. The zero-order valence-corrected chi connectivity index (χ0v) is 17.6. The molecule has 0 aliphatic carbocycles. The van der Waals surface area contributed by atoms with Gasteiger partial charge < -0.3 is 9.64 Å². The molecule has 0 aromatic carbocycles. The van der Waals surface area contributed by atoms with E-state index < -0.39 is 0 Å². The molecule has 1 fully saturated rings. The number of hydrogen-bond donors (Lipinski definition) is 0. The number of methoxy groups -OCH3 is 1. The quantitative estimate of drug-likeness (QED) is 0.740. The van der Waals surface area contributed by atoms with Crippen LogP contribution < -0.4 is 10.6 Å². The standard InChI is InChI=1S/C20H29N3O2.C2H6/c1-5-16-10-8-11-21-19(16)17(6-2)22-12-9-13-23(15-14-22)18(7-3)20(24)25-4;1-2/h5-6,8,10-11,18H,2,7,9,12-15H2,1,3-4H3;1-2H3/b16-5-,19-17-;. The topological polar surface area (TPSA) is 45.7 Å². The van der Waals surface area contributed by atoms with Gasteiger partial charge in [0.05, 0.1) is 18.2 Å². The number of carbonyl (C=O) groups excluding carboxylic acids is 1. The number of ether oxygens (including phenoxy) is 1. The van der Waals surface area contributed by atoms with E-state index >= 15 is 0 Å². The zero-order chi connectivity index (χ0) is 20.2. The van der Waals surface area contributed by atoms with Crippen LogP contribution in [0.2, 0.25) is 0 Å². The van der Waals surface area contributed by atoms with E-state index in [9.17, 15) is 4.79 Å². The van der Waals surface area contributed by atoms with Crippen molar-refractivity contribution in [3.05, 3.63) is 41.6 Å². The Morgan fingerprint density at radius 1 is 1.33 bits per heavy atom. The molecule has 5 nitrogen and oxygen atoms in total. The number of nitrogens with zero attached hydrogens (tertiary/aromatic N) is 3. The second-order valence-electron chi connectivity index (χ2n) is 6.14. The molecule has 0 N–H and O–H groups in total. The van der Waals surface area contributed by atoms with E-state index in [4.69, 9.17) is 4.74 Å². The summed E-state index contributed by atoms with van der Waals surface area (Å²) in [5.41, 5.74) is 1.06. The number of esters is 1. The minimum absolute atomic E-state index is 0.142. The fourth-order valence-electron chi connectivity index (χ4n) is 3.44. The van der Waals surface area contributed by atoms with Gasteiger partial charge in [-0.05, 0) is 37.1 Å². The Hall–Kier alpha value is -2.14. The van der Waals surface area contributed by atoms with Crippen molar-refractivity contribution in [1.82, 2.24) is 14.8 Å². The molecule has 27 heavy (non-hydrogen) atoms. The lowest BCUT2D eigenvalue weighted by molar-refractivity contribution is -0.147. The van der Waals surface area contributed by atoms with Crippen LogP contribution in [0.1, 0.15) is 40.5 Å². The van der Waals surface area contributed by atoms with Crippen molar-refractivity contribution in [1.29, 1.82) is 0 Å². The summed E-state index contributed by atoms with van der Waals surface area (Å²) in [5.74, 6) is -0.142. The summed E-state index contributed by atoms with van der Waals surface area (Å²) in [6.07, 6.45) is 7.53. The SMILES string of the molecule is C=C/C(=c1/nccc/c1=C/C)N1CCCN(C(CC)C(=O)OC)CC1.CC. The van der Waals surface area contributed by atoms with Crippen molar-refractivity contribution in [2.24, 2.45) is 0 Å². The van der Waals surface area contributed by atoms with Gasteiger partial charge in [0.1, 0.15) is 6.04 Å². The summed E-state index contributed by atoms with van der Waals surface area (Å²) in [6, 6.07) is 3.86.